The van der Waals surface area contributed by atoms with Crippen LogP contribution in [0.1, 0.15) is 34.9 Å². The molecule has 1 saturated heterocycles. The predicted molar refractivity (Wildman–Crippen MR) is 120 cm³/mol. The van der Waals surface area contributed by atoms with E-state index < -0.39 is 0 Å². The number of aryl methyl sites for hydroxylation is 2. The number of thiazole rings is 1. The Labute approximate surface area is 180 Å². The minimum absolute atomic E-state index is 0.00199. The van der Waals surface area contributed by atoms with Crippen LogP contribution in [0.3, 0.4) is 0 Å². The Balaban J connectivity index is 1.30. The molecule has 0 unspecified atom stereocenters. The summed E-state index contributed by atoms with van der Waals surface area (Å²) < 4.78 is 0. The number of carbonyl (C=O) groups is 1. The lowest BCUT2D eigenvalue weighted by Gasteiger charge is -2.31. The summed E-state index contributed by atoms with van der Waals surface area (Å²) in [5.74, 6) is 2.05. The molecule has 0 spiro atoms. The van der Waals surface area contributed by atoms with E-state index in [4.69, 9.17) is 4.98 Å². The molecule has 156 valence electrons. The molecule has 0 saturated carbocycles. The quantitative estimate of drug-likeness (QED) is 0.622. The van der Waals surface area contributed by atoms with Gasteiger partial charge in [-0.1, -0.05) is 12.1 Å². The zero-order valence-electron chi connectivity index (χ0n) is 17.3. The molecule has 8 heteroatoms. The van der Waals surface area contributed by atoms with Gasteiger partial charge in [0, 0.05) is 28.9 Å². The number of anilines is 3. The Morgan fingerprint density at radius 2 is 2.00 bits per heavy atom. The molecule has 4 rings (SSSR count). The molecule has 4 heterocycles. The van der Waals surface area contributed by atoms with Crippen molar-refractivity contribution in [2.24, 2.45) is 0 Å². The maximum Gasteiger partial charge on any atom is 0.240 e. The summed E-state index contributed by atoms with van der Waals surface area (Å²) in [6.45, 7) is 6.18. The number of likely N-dealkylation sites (tertiary alicyclic amines) is 1. The van der Waals surface area contributed by atoms with E-state index in [-0.39, 0.29) is 5.91 Å². The van der Waals surface area contributed by atoms with Crippen molar-refractivity contribution in [3.8, 4) is 0 Å². The van der Waals surface area contributed by atoms with E-state index in [1.807, 2.05) is 38.1 Å². The van der Waals surface area contributed by atoms with E-state index in [1.54, 1.807) is 12.4 Å². The average molecular weight is 423 g/mol. The summed E-state index contributed by atoms with van der Waals surface area (Å²) in [7, 11) is 0. The first kappa shape index (κ1) is 20.4. The van der Waals surface area contributed by atoms with E-state index in [0.717, 1.165) is 53.7 Å². The van der Waals surface area contributed by atoms with Gasteiger partial charge in [0.2, 0.25) is 5.91 Å². The van der Waals surface area contributed by atoms with Gasteiger partial charge in [-0.25, -0.2) is 15.0 Å². The molecule has 0 aliphatic carbocycles. The number of nitrogens with one attached hydrogen (secondary N) is 2. The average Bonchev–Trinajstić information content (AvgIpc) is 3.15. The maximum atomic E-state index is 12.3. The first-order valence-corrected chi connectivity index (χ1v) is 11.0. The van der Waals surface area contributed by atoms with E-state index in [1.165, 1.54) is 11.3 Å². The fourth-order valence-electron chi connectivity index (χ4n) is 3.65. The number of aromatic nitrogens is 3. The Bertz CT molecular complexity index is 1010. The van der Waals surface area contributed by atoms with Crippen LogP contribution >= 0.6 is 11.3 Å². The molecule has 0 aromatic carbocycles. The molecule has 2 N–H and O–H groups in total. The van der Waals surface area contributed by atoms with E-state index in [2.05, 4.69) is 31.6 Å². The summed E-state index contributed by atoms with van der Waals surface area (Å²) in [4.78, 5) is 29.0. The van der Waals surface area contributed by atoms with Crippen molar-refractivity contribution in [3.05, 3.63) is 58.9 Å². The molecule has 1 aliphatic rings. The normalized spacial score (nSPS) is 15.1. The lowest BCUT2D eigenvalue weighted by molar-refractivity contribution is -0.117. The topological polar surface area (TPSA) is 83.0 Å². The Hall–Kier alpha value is -2.84. The number of hydrogen-bond donors (Lipinski definition) is 2. The second kappa shape index (κ2) is 9.32. The molecule has 1 fully saturated rings. The van der Waals surface area contributed by atoms with Crippen LogP contribution in [0.25, 0.3) is 0 Å². The van der Waals surface area contributed by atoms with Crippen molar-refractivity contribution in [2.45, 2.75) is 32.6 Å². The van der Waals surface area contributed by atoms with Crippen molar-refractivity contribution in [1.82, 2.24) is 19.9 Å². The van der Waals surface area contributed by atoms with E-state index in [9.17, 15) is 4.79 Å². The van der Waals surface area contributed by atoms with Crippen LogP contribution in [-0.2, 0) is 4.79 Å². The molecule has 3 aromatic heterocycles. The number of pyridine rings is 2. The summed E-state index contributed by atoms with van der Waals surface area (Å²) >= 11 is 1.50. The van der Waals surface area contributed by atoms with Crippen LogP contribution in [0.2, 0.25) is 0 Å². The summed E-state index contributed by atoms with van der Waals surface area (Å²) in [5.41, 5.74) is 2.18. The van der Waals surface area contributed by atoms with Gasteiger partial charge in [0.15, 0.2) is 5.13 Å². The lowest BCUT2D eigenvalue weighted by Crippen LogP contribution is -2.38. The first-order chi connectivity index (χ1) is 14.6. The highest BCUT2D eigenvalue weighted by Gasteiger charge is 2.23. The monoisotopic (exact) mass is 422 g/mol. The summed E-state index contributed by atoms with van der Waals surface area (Å²) in [6.07, 6.45) is 5.53. The fraction of sp³-hybridized carbons (Fsp3) is 0.364. The summed E-state index contributed by atoms with van der Waals surface area (Å²) in [6, 6.07) is 10.1. The van der Waals surface area contributed by atoms with Crippen LogP contribution in [0, 0.1) is 13.8 Å². The van der Waals surface area contributed by atoms with Gasteiger partial charge in [0.1, 0.15) is 11.6 Å². The largest absolute Gasteiger partial charge is 0.325 e. The first-order valence-electron chi connectivity index (χ1n) is 10.2. The third-order valence-corrected chi connectivity index (χ3v) is 6.10. The van der Waals surface area contributed by atoms with Gasteiger partial charge in [-0.05, 0) is 63.5 Å². The van der Waals surface area contributed by atoms with Gasteiger partial charge < -0.3 is 10.6 Å². The lowest BCUT2D eigenvalue weighted by atomic mass is 9.93. The number of carbonyl (C=O) groups excluding carboxylic acids is 1. The predicted octanol–water partition coefficient (Wildman–Crippen LogP) is 4.11. The number of nitrogens with zero attached hydrogens (tertiary/aromatic N) is 4. The summed E-state index contributed by atoms with van der Waals surface area (Å²) in [5, 5.41) is 6.88. The van der Waals surface area contributed by atoms with Gasteiger partial charge in [-0.3, -0.25) is 9.69 Å². The number of rotatable bonds is 6. The van der Waals surface area contributed by atoms with Crippen LogP contribution in [0.5, 0.6) is 0 Å². The molecule has 0 bridgehead atoms. The zero-order valence-corrected chi connectivity index (χ0v) is 18.1. The van der Waals surface area contributed by atoms with E-state index in [0.29, 0.717) is 17.6 Å². The third kappa shape index (κ3) is 5.20. The molecule has 1 aliphatic heterocycles. The SMILES string of the molecule is Cc1cnc(NC(=O)CN2CCC(c3cccc(Nc4ncccc4C)n3)CC2)s1. The number of hydrogen-bond acceptors (Lipinski definition) is 7. The number of amides is 1. The molecule has 1 amide bonds. The maximum absolute atomic E-state index is 12.3. The molecule has 30 heavy (non-hydrogen) atoms. The smallest absolute Gasteiger partial charge is 0.240 e. The van der Waals surface area contributed by atoms with Crippen LogP contribution < -0.4 is 10.6 Å². The van der Waals surface area contributed by atoms with Gasteiger partial charge in [-0.15, -0.1) is 11.3 Å². The minimum atomic E-state index is -0.00199. The Kier molecular flexibility index (Phi) is 6.35. The van der Waals surface area contributed by atoms with Crippen LogP contribution in [0.15, 0.2) is 42.7 Å². The second-order valence-electron chi connectivity index (χ2n) is 7.62. The zero-order chi connectivity index (χ0) is 20.9. The second-order valence-corrected chi connectivity index (χ2v) is 8.85. The third-order valence-electron chi connectivity index (χ3n) is 5.27. The van der Waals surface area contributed by atoms with Gasteiger partial charge in [-0.2, -0.15) is 0 Å². The Morgan fingerprint density at radius 3 is 2.73 bits per heavy atom. The highest BCUT2D eigenvalue weighted by atomic mass is 32.1. The van der Waals surface area contributed by atoms with Gasteiger partial charge in [0.25, 0.3) is 0 Å². The van der Waals surface area contributed by atoms with Crippen molar-refractivity contribution in [2.75, 3.05) is 30.3 Å². The standard InChI is InChI=1S/C22H26N6OS/c1-15-5-4-10-23-21(15)26-19-7-3-6-18(25-19)17-8-11-28(12-9-17)14-20(29)27-22-24-13-16(2)30-22/h3-7,10,13,17H,8-9,11-12,14H2,1-2H3,(H,23,25,26)(H,24,27,29). The van der Waals surface area contributed by atoms with Crippen molar-refractivity contribution in [3.63, 3.8) is 0 Å². The molecule has 0 atom stereocenters. The molecular weight excluding hydrogens is 396 g/mol. The van der Waals surface area contributed by atoms with Crippen molar-refractivity contribution >= 4 is 34.0 Å². The molecule has 7 nitrogen and oxygen atoms in total. The Morgan fingerprint density at radius 1 is 1.17 bits per heavy atom. The van der Waals surface area contributed by atoms with Crippen molar-refractivity contribution < 1.29 is 4.79 Å². The number of piperidine rings is 1. The van der Waals surface area contributed by atoms with Crippen LogP contribution in [0.4, 0.5) is 16.8 Å². The molecular formula is C22H26N6OS. The van der Waals surface area contributed by atoms with Crippen LogP contribution in [-0.4, -0.2) is 45.4 Å². The highest BCUT2D eigenvalue weighted by Crippen LogP contribution is 2.28. The minimum Gasteiger partial charge on any atom is -0.325 e. The van der Waals surface area contributed by atoms with Gasteiger partial charge >= 0.3 is 0 Å². The highest BCUT2D eigenvalue weighted by molar-refractivity contribution is 7.15. The van der Waals surface area contributed by atoms with Gasteiger partial charge in [0.05, 0.1) is 6.54 Å². The fourth-order valence-corrected chi connectivity index (χ4v) is 4.33. The molecule has 0 radical (unpaired) electrons. The van der Waals surface area contributed by atoms with E-state index >= 15 is 0 Å². The van der Waals surface area contributed by atoms with Crippen molar-refractivity contribution in [1.29, 1.82) is 0 Å². The molecule has 3 aromatic rings.